The van der Waals surface area contributed by atoms with Gasteiger partial charge in [0.2, 0.25) is 5.91 Å². The van der Waals surface area contributed by atoms with Crippen molar-refractivity contribution in [3.8, 4) is 0 Å². The summed E-state index contributed by atoms with van der Waals surface area (Å²) in [6.45, 7) is 3.66. The average Bonchev–Trinajstić information content (AvgIpc) is 2.46. The Bertz CT molecular complexity index is 313. The van der Waals surface area contributed by atoms with Crippen LogP contribution in [0, 0.1) is 5.41 Å². The smallest absolute Gasteiger partial charge is 0.311 e. The fraction of sp³-hybridized carbons (Fsp3) is 0.857. The van der Waals surface area contributed by atoms with E-state index < -0.39 is 11.4 Å². The molecule has 2 N–H and O–H groups in total. The van der Waals surface area contributed by atoms with E-state index in [0.717, 1.165) is 19.3 Å². The normalized spacial score (nSPS) is 17.6. The van der Waals surface area contributed by atoms with Gasteiger partial charge in [-0.25, -0.2) is 0 Å². The largest absolute Gasteiger partial charge is 0.481 e. The van der Waals surface area contributed by atoms with Crippen molar-refractivity contribution in [2.75, 3.05) is 33.0 Å². The summed E-state index contributed by atoms with van der Waals surface area (Å²) in [6.07, 6.45) is 4.00. The Morgan fingerprint density at radius 3 is 2.60 bits per heavy atom. The van der Waals surface area contributed by atoms with E-state index in [2.05, 4.69) is 12.2 Å². The second kappa shape index (κ2) is 8.92. The van der Waals surface area contributed by atoms with Gasteiger partial charge in [-0.1, -0.05) is 19.8 Å². The molecule has 116 valence electrons. The number of aliphatic carboxylic acids is 1. The number of unbranched alkanes of at least 4 members (excludes halogenated alkanes) is 2. The first-order valence-electron chi connectivity index (χ1n) is 7.26. The van der Waals surface area contributed by atoms with Crippen molar-refractivity contribution in [2.45, 2.75) is 39.0 Å². The van der Waals surface area contributed by atoms with E-state index in [1.54, 1.807) is 0 Å². The molecule has 0 aromatic carbocycles. The molecule has 0 spiro atoms. The quantitative estimate of drug-likeness (QED) is 0.622. The molecule has 6 nitrogen and oxygen atoms in total. The highest BCUT2D eigenvalue weighted by atomic mass is 16.5. The molecule has 0 bridgehead atoms. The number of rotatable bonds is 9. The molecule has 6 heteroatoms. The topological polar surface area (TPSA) is 84.9 Å². The maximum absolute atomic E-state index is 11.6. The summed E-state index contributed by atoms with van der Waals surface area (Å²) < 4.78 is 10.4. The Labute approximate surface area is 119 Å². The van der Waals surface area contributed by atoms with E-state index in [4.69, 9.17) is 9.47 Å². The lowest BCUT2D eigenvalue weighted by molar-refractivity contribution is -0.154. The van der Waals surface area contributed by atoms with Gasteiger partial charge in [-0.2, -0.15) is 0 Å². The Morgan fingerprint density at radius 2 is 2.00 bits per heavy atom. The highest BCUT2D eigenvalue weighted by molar-refractivity contribution is 5.79. The van der Waals surface area contributed by atoms with Crippen LogP contribution in [-0.2, 0) is 19.1 Å². The Balaban J connectivity index is 2.25. The van der Waals surface area contributed by atoms with Crippen molar-refractivity contribution in [2.24, 2.45) is 5.41 Å². The Morgan fingerprint density at radius 1 is 1.30 bits per heavy atom. The lowest BCUT2D eigenvalue weighted by atomic mass is 9.80. The highest BCUT2D eigenvalue weighted by Crippen LogP contribution is 2.29. The van der Waals surface area contributed by atoms with Gasteiger partial charge >= 0.3 is 5.97 Å². The predicted octanol–water partition coefficient (Wildman–Crippen LogP) is 1.19. The number of carboxylic acids is 1. The van der Waals surface area contributed by atoms with E-state index in [1.807, 2.05) is 0 Å². The maximum Gasteiger partial charge on any atom is 0.311 e. The molecule has 1 rings (SSSR count). The third-order valence-corrected chi connectivity index (χ3v) is 3.65. The van der Waals surface area contributed by atoms with Gasteiger partial charge in [0.05, 0.1) is 5.41 Å². The predicted molar refractivity (Wildman–Crippen MR) is 73.5 cm³/mol. The second-order valence-electron chi connectivity index (χ2n) is 5.23. The molecule has 1 saturated heterocycles. The maximum atomic E-state index is 11.6. The van der Waals surface area contributed by atoms with Crippen LogP contribution in [0.1, 0.15) is 39.0 Å². The van der Waals surface area contributed by atoms with Gasteiger partial charge in [-0.3, -0.25) is 9.59 Å². The molecule has 1 amide bonds. The summed E-state index contributed by atoms with van der Waals surface area (Å²) in [7, 11) is 0. The second-order valence-corrected chi connectivity index (χ2v) is 5.23. The summed E-state index contributed by atoms with van der Waals surface area (Å²) in [5.41, 5.74) is -0.893. The molecule has 0 aromatic rings. The zero-order valence-electron chi connectivity index (χ0n) is 12.2. The minimum absolute atomic E-state index is 0.00405. The Kier molecular flexibility index (Phi) is 7.54. The molecular weight excluding hydrogens is 262 g/mol. The van der Waals surface area contributed by atoms with Crippen LogP contribution in [0.2, 0.25) is 0 Å². The van der Waals surface area contributed by atoms with Crippen molar-refractivity contribution in [3.63, 3.8) is 0 Å². The van der Waals surface area contributed by atoms with E-state index in [0.29, 0.717) is 32.7 Å². The van der Waals surface area contributed by atoms with Crippen molar-refractivity contribution >= 4 is 11.9 Å². The van der Waals surface area contributed by atoms with Crippen LogP contribution in [0.3, 0.4) is 0 Å². The zero-order valence-corrected chi connectivity index (χ0v) is 12.2. The van der Waals surface area contributed by atoms with Crippen molar-refractivity contribution in [3.05, 3.63) is 0 Å². The molecule has 0 aliphatic carbocycles. The van der Waals surface area contributed by atoms with Crippen LogP contribution in [0.4, 0.5) is 0 Å². The molecule has 20 heavy (non-hydrogen) atoms. The SMILES string of the molecule is CCCCCOCC(=O)NCC1(C(=O)O)CCOCC1. The van der Waals surface area contributed by atoms with Gasteiger partial charge in [-0.15, -0.1) is 0 Å². The number of hydrogen-bond donors (Lipinski definition) is 2. The number of carbonyl (C=O) groups is 2. The number of carboxylic acid groups (broad SMARTS) is 1. The standard InChI is InChI=1S/C14H25NO5/c1-2-3-4-7-20-10-12(16)15-11-14(13(17)18)5-8-19-9-6-14/h2-11H2,1H3,(H,15,16)(H,17,18). The van der Waals surface area contributed by atoms with Gasteiger partial charge in [0.1, 0.15) is 6.61 Å². The summed E-state index contributed by atoms with van der Waals surface area (Å²) in [5.74, 6) is -1.13. The van der Waals surface area contributed by atoms with Gasteiger partial charge < -0.3 is 19.9 Å². The van der Waals surface area contributed by atoms with E-state index in [9.17, 15) is 14.7 Å². The van der Waals surface area contributed by atoms with Crippen LogP contribution in [0.15, 0.2) is 0 Å². The van der Waals surface area contributed by atoms with Crippen LogP contribution in [-0.4, -0.2) is 50.0 Å². The fourth-order valence-corrected chi connectivity index (χ4v) is 2.17. The average molecular weight is 287 g/mol. The number of carbonyl (C=O) groups excluding carboxylic acids is 1. The Hall–Kier alpha value is -1.14. The van der Waals surface area contributed by atoms with Crippen LogP contribution in [0.5, 0.6) is 0 Å². The van der Waals surface area contributed by atoms with Gasteiger partial charge in [0.15, 0.2) is 0 Å². The molecule has 1 aliphatic heterocycles. The molecule has 0 atom stereocenters. The summed E-state index contributed by atoms with van der Waals surface area (Å²) in [5, 5.41) is 12.0. The molecule has 0 unspecified atom stereocenters. The highest BCUT2D eigenvalue weighted by Gasteiger charge is 2.40. The van der Waals surface area contributed by atoms with Gasteiger partial charge in [0, 0.05) is 26.4 Å². The van der Waals surface area contributed by atoms with Crippen molar-refractivity contribution in [1.82, 2.24) is 5.32 Å². The first kappa shape index (κ1) is 16.9. The summed E-state index contributed by atoms with van der Waals surface area (Å²) >= 11 is 0. The number of hydrogen-bond acceptors (Lipinski definition) is 4. The molecule has 1 fully saturated rings. The number of nitrogens with one attached hydrogen (secondary N) is 1. The first-order valence-corrected chi connectivity index (χ1v) is 7.26. The monoisotopic (exact) mass is 287 g/mol. The fourth-order valence-electron chi connectivity index (χ4n) is 2.17. The van der Waals surface area contributed by atoms with Crippen molar-refractivity contribution in [1.29, 1.82) is 0 Å². The van der Waals surface area contributed by atoms with Crippen LogP contribution >= 0.6 is 0 Å². The lowest BCUT2D eigenvalue weighted by Gasteiger charge is -2.33. The molecule has 0 aromatic heterocycles. The molecule has 0 saturated carbocycles. The van der Waals surface area contributed by atoms with Crippen molar-refractivity contribution < 1.29 is 24.2 Å². The van der Waals surface area contributed by atoms with Crippen LogP contribution < -0.4 is 5.32 Å². The summed E-state index contributed by atoms with van der Waals surface area (Å²) in [4.78, 5) is 23.0. The molecule has 1 heterocycles. The number of ether oxygens (including phenoxy) is 2. The molecule has 0 radical (unpaired) electrons. The van der Waals surface area contributed by atoms with E-state index in [-0.39, 0.29) is 19.1 Å². The zero-order chi connectivity index (χ0) is 14.8. The number of amides is 1. The minimum Gasteiger partial charge on any atom is -0.481 e. The molecular formula is C14H25NO5. The van der Waals surface area contributed by atoms with E-state index in [1.165, 1.54) is 0 Å². The first-order chi connectivity index (χ1) is 9.60. The molecule has 1 aliphatic rings. The third kappa shape index (κ3) is 5.46. The van der Waals surface area contributed by atoms with Gasteiger partial charge in [-0.05, 0) is 19.3 Å². The minimum atomic E-state index is -0.893. The van der Waals surface area contributed by atoms with Gasteiger partial charge in [0.25, 0.3) is 0 Å². The van der Waals surface area contributed by atoms with E-state index >= 15 is 0 Å². The summed E-state index contributed by atoms with van der Waals surface area (Å²) in [6, 6.07) is 0. The third-order valence-electron chi connectivity index (χ3n) is 3.65. The lowest BCUT2D eigenvalue weighted by Crippen LogP contribution is -2.47. The van der Waals surface area contributed by atoms with Crippen LogP contribution in [0.25, 0.3) is 0 Å².